The Balaban J connectivity index is 1.82. The molecule has 0 saturated carbocycles. The summed E-state index contributed by atoms with van der Waals surface area (Å²) in [5, 5.41) is 10.3. The predicted octanol–water partition coefficient (Wildman–Crippen LogP) is 3.80. The molecule has 1 aromatic carbocycles. The average molecular weight is 413 g/mol. The van der Waals surface area contributed by atoms with E-state index in [2.05, 4.69) is 36.8 Å². The monoisotopic (exact) mass is 412 g/mol. The first kappa shape index (κ1) is 21.3. The van der Waals surface area contributed by atoms with Crippen molar-refractivity contribution in [1.82, 2.24) is 14.8 Å². The number of carbonyl (C=O) groups is 1. The number of hydrogen-bond donors (Lipinski definition) is 0. The van der Waals surface area contributed by atoms with Crippen LogP contribution >= 0.6 is 11.3 Å². The molecule has 3 rings (SSSR count). The molecule has 1 aliphatic rings. The number of rotatable bonds is 5. The zero-order valence-corrected chi connectivity index (χ0v) is 18.4. The number of ether oxygens (including phenoxy) is 1. The van der Waals surface area contributed by atoms with Gasteiger partial charge < -0.3 is 14.5 Å². The van der Waals surface area contributed by atoms with Crippen molar-refractivity contribution in [2.75, 3.05) is 39.8 Å². The fourth-order valence-corrected chi connectivity index (χ4v) is 4.27. The highest BCUT2D eigenvalue weighted by Gasteiger charge is 2.24. The number of amides is 1. The first-order valence-electron chi connectivity index (χ1n) is 10.0. The standard InChI is InChI=1S/C22H28N4O2S/c1-15(2)14-28-19-7-6-17(12-18(19)13-23)21-24-16(3)20(29-21)22(27)26-9-5-8-25(4)10-11-26/h6-7,12,15H,5,8-11,14H2,1-4H3. The predicted molar refractivity (Wildman–Crippen MR) is 115 cm³/mol. The highest BCUT2D eigenvalue weighted by atomic mass is 32.1. The van der Waals surface area contributed by atoms with Crippen LogP contribution in [0.15, 0.2) is 18.2 Å². The van der Waals surface area contributed by atoms with Crippen molar-refractivity contribution < 1.29 is 9.53 Å². The molecule has 0 atom stereocenters. The fourth-order valence-electron chi connectivity index (χ4n) is 3.24. The zero-order chi connectivity index (χ0) is 21.0. The van der Waals surface area contributed by atoms with Crippen LogP contribution in [0.1, 0.15) is 41.2 Å². The SMILES string of the molecule is Cc1nc(-c2ccc(OCC(C)C)c(C#N)c2)sc1C(=O)N1CCCN(C)CC1. The zero-order valence-electron chi connectivity index (χ0n) is 17.6. The third-order valence-electron chi connectivity index (χ3n) is 4.92. The quantitative estimate of drug-likeness (QED) is 0.747. The lowest BCUT2D eigenvalue weighted by Gasteiger charge is -2.19. The van der Waals surface area contributed by atoms with E-state index in [1.54, 1.807) is 6.07 Å². The maximum Gasteiger partial charge on any atom is 0.265 e. The van der Waals surface area contributed by atoms with Gasteiger partial charge in [-0.15, -0.1) is 11.3 Å². The second-order valence-electron chi connectivity index (χ2n) is 7.91. The lowest BCUT2D eigenvalue weighted by molar-refractivity contribution is 0.0766. The maximum atomic E-state index is 13.1. The number of nitrogens with zero attached hydrogens (tertiary/aromatic N) is 4. The molecule has 29 heavy (non-hydrogen) atoms. The minimum atomic E-state index is 0.0546. The number of nitriles is 1. The second kappa shape index (κ2) is 9.38. The molecular weight excluding hydrogens is 384 g/mol. The third kappa shape index (κ3) is 5.14. The molecule has 0 aliphatic carbocycles. The molecule has 154 valence electrons. The van der Waals surface area contributed by atoms with E-state index < -0.39 is 0 Å². The number of thiazole rings is 1. The summed E-state index contributed by atoms with van der Waals surface area (Å²) >= 11 is 1.40. The van der Waals surface area contributed by atoms with E-state index in [0.29, 0.717) is 28.7 Å². The molecular formula is C22H28N4O2S. The Kier molecular flexibility index (Phi) is 6.88. The van der Waals surface area contributed by atoms with Gasteiger partial charge >= 0.3 is 0 Å². The van der Waals surface area contributed by atoms with Crippen LogP contribution in [-0.4, -0.2) is 60.5 Å². The van der Waals surface area contributed by atoms with Crippen molar-refractivity contribution in [2.45, 2.75) is 27.2 Å². The molecule has 2 aromatic rings. The molecule has 1 amide bonds. The second-order valence-corrected chi connectivity index (χ2v) is 8.91. The fraction of sp³-hybridized carbons (Fsp3) is 0.500. The lowest BCUT2D eigenvalue weighted by Crippen LogP contribution is -2.34. The molecule has 0 radical (unpaired) electrons. The lowest BCUT2D eigenvalue weighted by atomic mass is 10.1. The van der Waals surface area contributed by atoms with Crippen LogP contribution in [0.3, 0.4) is 0 Å². The van der Waals surface area contributed by atoms with Gasteiger partial charge in [-0.1, -0.05) is 13.8 Å². The number of aryl methyl sites for hydroxylation is 1. The Labute approximate surface area is 176 Å². The molecule has 1 aliphatic heterocycles. The molecule has 1 fully saturated rings. The van der Waals surface area contributed by atoms with E-state index in [1.807, 2.05) is 24.0 Å². The summed E-state index contributed by atoms with van der Waals surface area (Å²) in [5.41, 5.74) is 2.06. The summed E-state index contributed by atoms with van der Waals surface area (Å²) in [7, 11) is 2.09. The van der Waals surface area contributed by atoms with Gasteiger partial charge in [-0.3, -0.25) is 4.79 Å². The topological polar surface area (TPSA) is 69.5 Å². The summed E-state index contributed by atoms with van der Waals surface area (Å²) < 4.78 is 5.74. The van der Waals surface area contributed by atoms with Gasteiger partial charge in [-0.05, 0) is 51.1 Å². The largest absolute Gasteiger partial charge is 0.492 e. The van der Waals surface area contributed by atoms with Gasteiger partial charge in [0.1, 0.15) is 21.7 Å². The third-order valence-corrected chi connectivity index (χ3v) is 6.11. The van der Waals surface area contributed by atoms with Gasteiger partial charge in [0.25, 0.3) is 5.91 Å². The van der Waals surface area contributed by atoms with Crippen molar-refractivity contribution in [3.8, 4) is 22.4 Å². The molecule has 0 bridgehead atoms. The minimum Gasteiger partial charge on any atom is -0.492 e. The van der Waals surface area contributed by atoms with Crippen molar-refractivity contribution in [2.24, 2.45) is 5.92 Å². The Hall–Kier alpha value is -2.43. The summed E-state index contributed by atoms with van der Waals surface area (Å²) in [5.74, 6) is 1.03. The van der Waals surface area contributed by atoms with Crippen LogP contribution in [0.4, 0.5) is 0 Å². The Bertz CT molecular complexity index is 916. The normalized spacial score (nSPS) is 15.2. The van der Waals surface area contributed by atoms with Gasteiger partial charge in [0.2, 0.25) is 0 Å². The van der Waals surface area contributed by atoms with Crippen molar-refractivity contribution in [3.05, 3.63) is 34.3 Å². The van der Waals surface area contributed by atoms with Gasteiger partial charge in [0.15, 0.2) is 0 Å². The molecule has 7 heteroatoms. The van der Waals surface area contributed by atoms with Crippen LogP contribution in [0.5, 0.6) is 5.75 Å². The smallest absolute Gasteiger partial charge is 0.265 e. The van der Waals surface area contributed by atoms with E-state index in [1.165, 1.54) is 11.3 Å². The van der Waals surface area contributed by atoms with Gasteiger partial charge in [0, 0.05) is 25.2 Å². The van der Waals surface area contributed by atoms with Crippen molar-refractivity contribution >= 4 is 17.2 Å². The molecule has 0 spiro atoms. The first-order chi connectivity index (χ1) is 13.9. The van der Waals surface area contributed by atoms with Crippen LogP contribution in [0.25, 0.3) is 10.6 Å². The van der Waals surface area contributed by atoms with Crippen LogP contribution in [-0.2, 0) is 0 Å². The highest BCUT2D eigenvalue weighted by molar-refractivity contribution is 7.17. The summed E-state index contributed by atoms with van der Waals surface area (Å²) in [4.78, 5) is 22.5. The number of carbonyl (C=O) groups excluding carboxylic acids is 1. The van der Waals surface area contributed by atoms with Crippen LogP contribution in [0.2, 0.25) is 0 Å². The van der Waals surface area contributed by atoms with Gasteiger partial charge in [-0.25, -0.2) is 4.98 Å². The Morgan fingerprint density at radius 1 is 1.31 bits per heavy atom. The Morgan fingerprint density at radius 3 is 2.83 bits per heavy atom. The molecule has 1 aromatic heterocycles. The first-order valence-corrected chi connectivity index (χ1v) is 10.8. The van der Waals surface area contributed by atoms with E-state index in [0.717, 1.165) is 48.9 Å². The van der Waals surface area contributed by atoms with E-state index in [9.17, 15) is 10.1 Å². The van der Waals surface area contributed by atoms with E-state index >= 15 is 0 Å². The number of likely N-dealkylation sites (N-methyl/N-ethyl adjacent to an activating group) is 1. The van der Waals surface area contributed by atoms with E-state index in [4.69, 9.17) is 4.74 Å². The maximum absolute atomic E-state index is 13.1. The molecule has 1 saturated heterocycles. The highest BCUT2D eigenvalue weighted by Crippen LogP contribution is 2.32. The number of aromatic nitrogens is 1. The van der Waals surface area contributed by atoms with E-state index in [-0.39, 0.29) is 5.91 Å². The van der Waals surface area contributed by atoms with Crippen LogP contribution < -0.4 is 4.74 Å². The molecule has 2 heterocycles. The Morgan fingerprint density at radius 2 is 2.10 bits per heavy atom. The molecule has 0 unspecified atom stereocenters. The summed E-state index contributed by atoms with van der Waals surface area (Å²) in [6.07, 6.45) is 0.982. The number of benzene rings is 1. The number of hydrogen-bond acceptors (Lipinski definition) is 6. The summed E-state index contributed by atoms with van der Waals surface area (Å²) in [6.45, 7) is 9.99. The molecule has 0 N–H and O–H groups in total. The minimum absolute atomic E-state index is 0.0546. The molecule has 6 nitrogen and oxygen atoms in total. The van der Waals surface area contributed by atoms with Crippen LogP contribution in [0, 0.1) is 24.2 Å². The average Bonchev–Trinajstić information content (AvgIpc) is 2.95. The van der Waals surface area contributed by atoms with Crippen molar-refractivity contribution in [3.63, 3.8) is 0 Å². The van der Waals surface area contributed by atoms with Gasteiger partial charge in [-0.2, -0.15) is 5.26 Å². The summed E-state index contributed by atoms with van der Waals surface area (Å²) in [6, 6.07) is 7.73. The van der Waals surface area contributed by atoms with Gasteiger partial charge in [0.05, 0.1) is 17.9 Å². The van der Waals surface area contributed by atoms with Crippen molar-refractivity contribution in [1.29, 1.82) is 5.26 Å².